The summed E-state index contributed by atoms with van der Waals surface area (Å²) in [6, 6.07) is 12.7. The summed E-state index contributed by atoms with van der Waals surface area (Å²) in [5, 5.41) is 1.24. The Morgan fingerprint density at radius 3 is 2.65 bits per heavy atom. The number of carbonyl (C=O) groups is 1. The molecule has 3 aromatic rings. The minimum absolute atomic E-state index is 0.292. The largest absolute Gasteiger partial charge is 0.358 e. The topological polar surface area (TPSA) is 52.2 Å². The lowest BCUT2D eigenvalue weighted by molar-refractivity contribution is -0.134. The van der Waals surface area contributed by atoms with Crippen molar-refractivity contribution in [3.8, 4) is 11.1 Å². The first-order valence-electron chi connectivity index (χ1n) is 11.7. The molecule has 162 valence electrons. The van der Waals surface area contributed by atoms with Crippen molar-refractivity contribution < 1.29 is 4.79 Å². The minimum atomic E-state index is 0.292. The number of rotatable bonds is 4. The van der Waals surface area contributed by atoms with E-state index in [1.807, 2.05) is 12.4 Å². The van der Waals surface area contributed by atoms with Crippen molar-refractivity contribution in [3.05, 3.63) is 54.5 Å². The van der Waals surface area contributed by atoms with Crippen molar-refractivity contribution in [2.75, 3.05) is 32.7 Å². The van der Waals surface area contributed by atoms with Crippen LogP contribution in [0, 0.1) is 5.92 Å². The van der Waals surface area contributed by atoms with Crippen LogP contribution in [0.1, 0.15) is 44.2 Å². The van der Waals surface area contributed by atoms with Gasteiger partial charge >= 0.3 is 0 Å². The van der Waals surface area contributed by atoms with Crippen LogP contribution in [0.4, 0.5) is 0 Å². The lowest BCUT2D eigenvalue weighted by Gasteiger charge is -2.36. The molecule has 2 aliphatic heterocycles. The molecule has 1 N–H and O–H groups in total. The number of H-pyrrole nitrogens is 1. The van der Waals surface area contributed by atoms with E-state index in [1.54, 1.807) is 0 Å². The minimum Gasteiger partial charge on any atom is -0.358 e. The molecule has 2 saturated heterocycles. The van der Waals surface area contributed by atoms with Gasteiger partial charge in [0.1, 0.15) is 0 Å². The molecule has 5 nitrogen and oxygen atoms in total. The van der Waals surface area contributed by atoms with Crippen LogP contribution in [0.2, 0.25) is 0 Å². The van der Waals surface area contributed by atoms with E-state index < -0.39 is 0 Å². The standard InChI is InChI=1S/C26H32N4O/c1-19-10-15-29(16-11-19)18-24(31)30-14-4-5-21(17-30)26-25(20-8-12-27-13-9-20)22-6-2-3-7-23(22)28-26/h2-3,6-9,12-13,19,21,28H,4-5,10-11,14-18H2,1H3/t21-/m0/s1. The molecule has 2 fully saturated rings. The Morgan fingerprint density at radius 1 is 1.06 bits per heavy atom. The number of nitrogens with one attached hydrogen (secondary N) is 1. The van der Waals surface area contributed by atoms with Gasteiger partial charge in [0.05, 0.1) is 6.54 Å². The zero-order valence-corrected chi connectivity index (χ0v) is 18.4. The van der Waals surface area contributed by atoms with Crippen molar-refractivity contribution >= 4 is 16.8 Å². The molecule has 0 saturated carbocycles. The number of nitrogens with zero attached hydrogens (tertiary/aromatic N) is 3. The van der Waals surface area contributed by atoms with Gasteiger partial charge in [0.2, 0.25) is 5.91 Å². The SMILES string of the molecule is CC1CCN(CC(=O)N2CCC[C@H](c3[nH]c4ccccc4c3-c3ccncc3)C2)CC1. The van der Waals surface area contributed by atoms with Gasteiger partial charge in [-0.1, -0.05) is 25.1 Å². The van der Waals surface area contributed by atoms with Crippen LogP contribution in [0.25, 0.3) is 22.0 Å². The summed E-state index contributed by atoms with van der Waals surface area (Å²) in [6.07, 6.45) is 8.29. The van der Waals surface area contributed by atoms with Crippen molar-refractivity contribution in [2.45, 2.75) is 38.5 Å². The Morgan fingerprint density at radius 2 is 1.84 bits per heavy atom. The van der Waals surface area contributed by atoms with Gasteiger partial charge in [0.15, 0.2) is 0 Å². The molecular weight excluding hydrogens is 384 g/mol. The molecule has 4 heterocycles. The average molecular weight is 417 g/mol. The first-order chi connectivity index (χ1) is 15.2. The zero-order chi connectivity index (χ0) is 21.2. The van der Waals surface area contributed by atoms with Gasteiger partial charge in [0.25, 0.3) is 0 Å². The highest BCUT2D eigenvalue weighted by Gasteiger charge is 2.29. The second kappa shape index (κ2) is 8.83. The molecular formula is C26H32N4O. The predicted octanol–water partition coefficient (Wildman–Crippen LogP) is 4.67. The lowest BCUT2D eigenvalue weighted by Crippen LogP contribution is -2.46. The molecule has 2 aromatic heterocycles. The maximum atomic E-state index is 13.1. The van der Waals surface area contributed by atoms with Gasteiger partial charge in [-0.05, 0) is 68.5 Å². The van der Waals surface area contributed by atoms with E-state index in [0.717, 1.165) is 50.5 Å². The molecule has 0 radical (unpaired) electrons. The van der Waals surface area contributed by atoms with Crippen LogP contribution in [0.5, 0.6) is 0 Å². The Kier molecular flexibility index (Phi) is 5.77. The summed E-state index contributed by atoms with van der Waals surface area (Å²) >= 11 is 0. The van der Waals surface area contributed by atoms with E-state index in [-0.39, 0.29) is 0 Å². The summed E-state index contributed by atoms with van der Waals surface area (Å²) in [7, 11) is 0. The number of para-hydroxylation sites is 1. The zero-order valence-electron chi connectivity index (χ0n) is 18.4. The molecule has 2 aliphatic rings. The summed E-state index contributed by atoms with van der Waals surface area (Å²) in [5.74, 6) is 1.41. The number of likely N-dealkylation sites (tertiary alicyclic amines) is 2. The van der Waals surface area contributed by atoms with Gasteiger partial charge in [-0.3, -0.25) is 14.7 Å². The number of piperidine rings is 2. The Hall–Kier alpha value is -2.66. The average Bonchev–Trinajstić information content (AvgIpc) is 3.21. The van der Waals surface area contributed by atoms with Crippen LogP contribution in [-0.2, 0) is 4.79 Å². The number of amides is 1. The first kappa shape index (κ1) is 20.3. The van der Waals surface area contributed by atoms with Gasteiger partial charge in [-0.25, -0.2) is 0 Å². The third kappa shape index (κ3) is 4.24. The molecule has 5 rings (SSSR count). The maximum Gasteiger partial charge on any atom is 0.236 e. The summed E-state index contributed by atoms with van der Waals surface area (Å²) in [5.41, 5.74) is 4.88. The highest BCUT2D eigenvalue weighted by atomic mass is 16.2. The fourth-order valence-corrected chi connectivity index (χ4v) is 5.25. The lowest BCUT2D eigenvalue weighted by atomic mass is 9.89. The van der Waals surface area contributed by atoms with Gasteiger partial charge in [-0.2, -0.15) is 0 Å². The van der Waals surface area contributed by atoms with Crippen molar-refractivity contribution in [1.29, 1.82) is 0 Å². The number of hydrogen-bond donors (Lipinski definition) is 1. The number of pyridine rings is 1. The van der Waals surface area contributed by atoms with E-state index in [0.29, 0.717) is 18.4 Å². The van der Waals surface area contributed by atoms with E-state index >= 15 is 0 Å². The molecule has 0 spiro atoms. The molecule has 1 atom stereocenters. The van der Waals surface area contributed by atoms with Crippen LogP contribution in [0.3, 0.4) is 0 Å². The molecule has 0 bridgehead atoms. The van der Waals surface area contributed by atoms with Gasteiger partial charge in [-0.15, -0.1) is 0 Å². The number of fused-ring (bicyclic) bond motifs is 1. The Labute approximate surface area is 184 Å². The molecule has 5 heteroatoms. The fourth-order valence-electron chi connectivity index (χ4n) is 5.25. The quantitative estimate of drug-likeness (QED) is 0.673. The number of aromatic amines is 1. The molecule has 1 amide bonds. The smallest absolute Gasteiger partial charge is 0.236 e. The highest BCUT2D eigenvalue weighted by molar-refractivity contribution is 5.97. The molecule has 0 unspecified atom stereocenters. The summed E-state index contributed by atoms with van der Waals surface area (Å²) in [6.45, 7) is 6.67. The van der Waals surface area contributed by atoms with Crippen molar-refractivity contribution in [2.24, 2.45) is 5.92 Å². The fraction of sp³-hybridized carbons (Fsp3) is 0.462. The van der Waals surface area contributed by atoms with Gasteiger partial charge in [0, 0.05) is 53.6 Å². The van der Waals surface area contributed by atoms with E-state index in [2.05, 4.69) is 63.1 Å². The van der Waals surface area contributed by atoms with Gasteiger partial charge < -0.3 is 9.88 Å². The van der Waals surface area contributed by atoms with Crippen molar-refractivity contribution in [3.63, 3.8) is 0 Å². The third-order valence-corrected chi connectivity index (χ3v) is 7.12. The van der Waals surface area contributed by atoms with Crippen LogP contribution >= 0.6 is 0 Å². The summed E-state index contributed by atoms with van der Waals surface area (Å²) in [4.78, 5) is 25.5. The number of hydrogen-bond acceptors (Lipinski definition) is 3. The molecule has 31 heavy (non-hydrogen) atoms. The highest BCUT2D eigenvalue weighted by Crippen LogP contribution is 2.39. The second-order valence-electron chi connectivity index (χ2n) is 9.33. The predicted molar refractivity (Wildman–Crippen MR) is 125 cm³/mol. The van der Waals surface area contributed by atoms with E-state index in [1.165, 1.54) is 35.0 Å². The molecule has 1 aromatic carbocycles. The Bertz CT molecular complexity index is 1040. The maximum absolute atomic E-state index is 13.1. The second-order valence-corrected chi connectivity index (χ2v) is 9.33. The van der Waals surface area contributed by atoms with E-state index in [9.17, 15) is 4.79 Å². The first-order valence-corrected chi connectivity index (χ1v) is 11.7. The normalized spacial score (nSPS) is 20.9. The number of aromatic nitrogens is 2. The van der Waals surface area contributed by atoms with E-state index in [4.69, 9.17) is 0 Å². The third-order valence-electron chi connectivity index (χ3n) is 7.12. The van der Waals surface area contributed by atoms with Crippen molar-refractivity contribution in [1.82, 2.24) is 19.8 Å². The number of carbonyl (C=O) groups excluding carboxylic acids is 1. The number of benzene rings is 1. The Balaban J connectivity index is 1.38. The van der Waals surface area contributed by atoms with Crippen LogP contribution < -0.4 is 0 Å². The monoisotopic (exact) mass is 416 g/mol. The van der Waals surface area contributed by atoms with Crippen LogP contribution in [0.15, 0.2) is 48.8 Å². The van der Waals surface area contributed by atoms with Crippen LogP contribution in [-0.4, -0.2) is 58.4 Å². The molecule has 0 aliphatic carbocycles. The summed E-state index contributed by atoms with van der Waals surface area (Å²) < 4.78 is 0.